The van der Waals surface area contributed by atoms with E-state index in [9.17, 15) is 14.7 Å². The number of pyridine rings is 1. The highest BCUT2D eigenvalue weighted by Crippen LogP contribution is 2.24. The number of aromatic carboxylic acids is 1. The Kier molecular flexibility index (Phi) is 2.82. The van der Waals surface area contributed by atoms with E-state index in [-0.39, 0.29) is 16.7 Å². The molecule has 94 valence electrons. The van der Waals surface area contributed by atoms with Crippen molar-refractivity contribution in [2.24, 2.45) is 0 Å². The SMILES string of the molecule is CCn1cc(C(=O)O)c(=O)c2c(O)cc(C)cc21. The topological polar surface area (TPSA) is 79.5 Å². The summed E-state index contributed by atoms with van der Waals surface area (Å²) in [6, 6.07) is 3.21. The minimum atomic E-state index is -1.29. The molecule has 0 saturated heterocycles. The van der Waals surface area contributed by atoms with Crippen molar-refractivity contribution in [1.82, 2.24) is 4.57 Å². The molecule has 0 unspecified atom stereocenters. The highest BCUT2D eigenvalue weighted by atomic mass is 16.4. The number of aromatic nitrogens is 1. The summed E-state index contributed by atoms with van der Waals surface area (Å²) in [4.78, 5) is 23.0. The van der Waals surface area contributed by atoms with Gasteiger partial charge in [0.15, 0.2) is 0 Å². The standard InChI is InChI=1S/C13H13NO4/c1-3-14-6-8(13(17)18)12(16)11-9(14)4-7(2)5-10(11)15/h4-6,15H,3H2,1-2H3,(H,17,18). The molecule has 0 bridgehead atoms. The summed E-state index contributed by atoms with van der Waals surface area (Å²) in [5, 5.41) is 18.9. The van der Waals surface area contributed by atoms with Crippen molar-refractivity contribution < 1.29 is 15.0 Å². The van der Waals surface area contributed by atoms with Crippen molar-refractivity contribution in [2.75, 3.05) is 0 Å². The van der Waals surface area contributed by atoms with E-state index >= 15 is 0 Å². The van der Waals surface area contributed by atoms with Crippen LogP contribution in [0.3, 0.4) is 0 Å². The minimum Gasteiger partial charge on any atom is -0.507 e. The van der Waals surface area contributed by atoms with Crippen LogP contribution in [-0.2, 0) is 6.54 Å². The van der Waals surface area contributed by atoms with Gasteiger partial charge in [-0.3, -0.25) is 4.79 Å². The number of hydrogen-bond donors (Lipinski definition) is 2. The van der Waals surface area contributed by atoms with Crippen LogP contribution in [0, 0.1) is 6.92 Å². The van der Waals surface area contributed by atoms with E-state index < -0.39 is 11.4 Å². The van der Waals surface area contributed by atoms with Crippen LogP contribution in [0.5, 0.6) is 5.75 Å². The number of nitrogens with zero attached hydrogens (tertiary/aromatic N) is 1. The largest absolute Gasteiger partial charge is 0.507 e. The van der Waals surface area contributed by atoms with Crippen LogP contribution < -0.4 is 5.43 Å². The molecule has 1 aromatic carbocycles. The van der Waals surface area contributed by atoms with Gasteiger partial charge in [0, 0.05) is 12.7 Å². The van der Waals surface area contributed by atoms with Crippen molar-refractivity contribution in [3.8, 4) is 5.75 Å². The van der Waals surface area contributed by atoms with Gasteiger partial charge in [-0.05, 0) is 31.5 Å². The zero-order valence-corrected chi connectivity index (χ0v) is 10.1. The molecule has 0 aliphatic rings. The summed E-state index contributed by atoms with van der Waals surface area (Å²) in [5.74, 6) is -1.47. The van der Waals surface area contributed by atoms with Crippen molar-refractivity contribution >= 4 is 16.9 Å². The summed E-state index contributed by atoms with van der Waals surface area (Å²) in [6.45, 7) is 4.16. The smallest absolute Gasteiger partial charge is 0.341 e. The molecule has 0 saturated carbocycles. The second kappa shape index (κ2) is 4.18. The molecule has 2 N–H and O–H groups in total. The summed E-state index contributed by atoms with van der Waals surface area (Å²) in [6.07, 6.45) is 1.31. The number of carboxylic acids is 1. The van der Waals surface area contributed by atoms with Gasteiger partial charge in [0.2, 0.25) is 5.43 Å². The van der Waals surface area contributed by atoms with Crippen LogP contribution in [0.4, 0.5) is 0 Å². The summed E-state index contributed by atoms with van der Waals surface area (Å²) in [5.41, 5.74) is 0.373. The van der Waals surface area contributed by atoms with Crippen molar-refractivity contribution in [3.63, 3.8) is 0 Å². The minimum absolute atomic E-state index is 0.0577. The molecule has 0 fully saturated rings. The van der Waals surface area contributed by atoms with Gasteiger partial charge in [0.1, 0.15) is 11.3 Å². The number of rotatable bonds is 2. The first-order valence-electron chi connectivity index (χ1n) is 5.55. The lowest BCUT2D eigenvalue weighted by Crippen LogP contribution is -2.18. The fourth-order valence-corrected chi connectivity index (χ4v) is 2.04. The molecular formula is C13H13NO4. The first-order valence-corrected chi connectivity index (χ1v) is 5.55. The lowest BCUT2D eigenvalue weighted by Gasteiger charge is -2.11. The van der Waals surface area contributed by atoms with Crippen LogP contribution in [-0.4, -0.2) is 20.7 Å². The summed E-state index contributed by atoms with van der Waals surface area (Å²) in [7, 11) is 0. The lowest BCUT2D eigenvalue weighted by molar-refractivity contribution is 0.0695. The zero-order valence-electron chi connectivity index (χ0n) is 10.1. The number of carboxylic acid groups (broad SMARTS) is 1. The normalized spacial score (nSPS) is 10.8. The number of aryl methyl sites for hydroxylation is 2. The molecule has 0 amide bonds. The first kappa shape index (κ1) is 12.2. The van der Waals surface area contributed by atoms with Crippen molar-refractivity contribution in [1.29, 1.82) is 0 Å². The highest BCUT2D eigenvalue weighted by Gasteiger charge is 2.16. The van der Waals surface area contributed by atoms with Gasteiger partial charge in [0.25, 0.3) is 0 Å². The monoisotopic (exact) mass is 247 g/mol. The molecule has 0 atom stereocenters. The van der Waals surface area contributed by atoms with Gasteiger partial charge in [0.05, 0.1) is 10.9 Å². The molecule has 1 aromatic heterocycles. The summed E-state index contributed by atoms with van der Waals surface area (Å²) < 4.78 is 1.65. The number of phenolic OH excluding ortho intramolecular Hbond substituents is 1. The van der Waals surface area contributed by atoms with Gasteiger partial charge < -0.3 is 14.8 Å². The van der Waals surface area contributed by atoms with E-state index in [2.05, 4.69) is 0 Å². The zero-order chi connectivity index (χ0) is 13.4. The number of phenols is 1. The third kappa shape index (κ3) is 1.73. The van der Waals surface area contributed by atoms with Crippen molar-refractivity contribution in [3.05, 3.63) is 39.7 Å². The van der Waals surface area contributed by atoms with Gasteiger partial charge in [-0.1, -0.05) is 0 Å². The molecule has 5 nitrogen and oxygen atoms in total. The van der Waals surface area contributed by atoms with Crippen LogP contribution in [0.2, 0.25) is 0 Å². The molecular weight excluding hydrogens is 234 g/mol. The van der Waals surface area contributed by atoms with Gasteiger partial charge in [-0.25, -0.2) is 4.79 Å². The Morgan fingerprint density at radius 1 is 1.39 bits per heavy atom. The second-order valence-corrected chi connectivity index (χ2v) is 4.14. The average molecular weight is 247 g/mol. The lowest BCUT2D eigenvalue weighted by atomic mass is 10.1. The second-order valence-electron chi connectivity index (χ2n) is 4.14. The first-order chi connectivity index (χ1) is 8.45. The Morgan fingerprint density at radius 2 is 2.06 bits per heavy atom. The third-order valence-electron chi connectivity index (χ3n) is 2.88. The van der Waals surface area contributed by atoms with E-state index in [1.807, 2.05) is 6.92 Å². The third-order valence-corrected chi connectivity index (χ3v) is 2.88. The van der Waals surface area contributed by atoms with E-state index in [4.69, 9.17) is 5.11 Å². The molecule has 0 aliphatic carbocycles. The van der Waals surface area contributed by atoms with E-state index in [0.29, 0.717) is 12.1 Å². The quantitative estimate of drug-likeness (QED) is 0.847. The van der Waals surface area contributed by atoms with Gasteiger partial charge in [-0.2, -0.15) is 0 Å². The fraction of sp³-hybridized carbons (Fsp3) is 0.231. The maximum atomic E-state index is 12.0. The predicted molar refractivity (Wildman–Crippen MR) is 67.2 cm³/mol. The van der Waals surface area contributed by atoms with Crippen LogP contribution in [0.1, 0.15) is 22.8 Å². The molecule has 18 heavy (non-hydrogen) atoms. The molecule has 1 heterocycles. The fourth-order valence-electron chi connectivity index (χ4n) is 2.04. The Bertz CT molecular complexity index is 700. The van der Waals surface area contributed by atoms with Crippen LogP contribution in [0.25, 0.3) is 10.9 Å². The van der Waals surface area contributed by atoms with Gasteiger partial charge in [-0.15, -0.1) is 0 Å². The number of carbonyl (C=O) groups is 1. The van der Waals surface area contributed by atoms with Gasteiger partial charge >= 0.3 is 5.97 Å². The highest BCUT2D eigenvalue weighted by molar-refractivity contribution is 5.94. The Labute approximate surface area is 103 Å². The van der Waals surface area contributed by atoms with Crippen LogP contribution in [0.15, 0.2) is 23.1 Å². The Morgan fingerprint density at radius 3 is 2.61 bits per heavy atom. The number of fused-ring (bicyclic) bond motifs is 1. The Balaban J connectivity index is 3.04. The number of aromatic hydroxyl groups is 1. The van der Waals surface area contributed by atoms with Crippen molar-refractivity contribution in [2.45, 2.75) is 20.4 Å². The Hall–Kier alpha value is -2.30. The van der Waals surface area contributed by atoms with E-state index in [1.54, 1.807) is 17.6 Å². The van der Waals surface area contributed by atoms with Crippen LogP contribution >= 0.6 is 0 Å². The molecule has 2 aromatic rings. The van der Waals surface area contributed by atoms with E-state index in [0.717, 1.165) is 5.56 Å². The van der Waals surface area contributed by atoms with E-state index in [1.165, 1.54) is 12.3 Å². The maximum Gasteiger partial charge on any atom is 0.341 e. The predicted octanol–water partition coefficient (Wildman–Crippen LogP) is 1.73. The molecule has 2 rings (SSSR count). The number of hydrogen-bond acceptors (Lipinski definition) is 3. The number of benzene rings is 1. The summed E-state index contributed by atoms with van der Waals surface area (Å²) >= 11 is 0. The molecule has 5 heteroatoms. The molecule has 0 aliphatic heterocycles. The average Bonchev–Trinajstić information content (AvgIpc) is 2.27. The molecule has 0 radical (unpaired) electrons. The molecule has 0 spiro atoms. The maximum absolute atomic E-state index is 12.0.